The lowest BCUT2D eigenvalue weighted by Crippen LogP contribution is -2.36. The van der Waals surface area contributed by atoms with Crippen molar-refractivity contribution in [3.63, 3.8) is 0 Å². The highest BCUT2D eigenvalue weighted by molar-refractivity contribution is 6.39. The van der Waals surface area contributed by atoms with Crippen LogP contribution < -0.4 is 23.4 Å². The summed E-state index contributed by atoms with van der Waals surface area (Å²) in [5.41, 5.74) is 0.333. The number of Topliss-reactive ketones (excluding diaryl/α,β-unsaturated/α-hetero) is 1. The van der Waals surface area contributed by atoms with Crippen molar-refractivity contribution in [3.8, 4) is 23.0 Å². The van der Waals surface area contributed by atoms with Gasteiger partial charge in [0.05, 0.1) is 32.5 Å². The summed E-state index contributed by atoms with van der Waals surface area (Å²) in [6.45, 7) is 5.59. The molecule has 0 heterocycles. The third-order valence-electron chi connectivity index (χ3n) is 4.30. The minimum Gasteiger partial charge on any atom is -0.497 e. The van der Waals surface area contributed by atoms with E-state index in [0.717, 1.165) is 4.42 Å². The second-order valence-corrected chi connectivity index (χ2v) is 7.25. The van der Waals surface area contributed by atoms with E-state index < -0.39 is 17.7 Å². The molecule has 0 aliphatic carbocycles. The van der Waals surface area contributed by atoms with E-state index in [2.05, 4.69) is 10.2 Å². The van der Waals surface area contributed by atoms with Gasteiger partial charge in [-0.3, -0.25) is 9.59 Å². The second kappa shape index (κ2) is 12.3. The third kappa shape index (κ3) is 6.49. The lowest BCUT2D eigenvalue weighted by Gasteiger charge is -2.19. The Morgan fingerprint density at radius 2 is 1.70 bits per heavy atom. The van der Waals surface area contributed by atoms with E-state index >= 15 is 0 Å². The number of ketones is 1. The lowest BCUT2D eigenvalue weighted by molar-refractivity contribution is -0.126. The fraction of sp³-hybridized carbons (Fsp3) is 0.364. The molecule has 0 saturated heterocycles. The number of nitrogens with zero attached hydrogens (tertiary/aromatic N) is 3. The smallest absolute Gasteiger partial charge is 0.276 e. The molecular formula is C22H25Cl2N3O6. The van der Waals surface area contributed by atoms with Crippen LogP contribution in [0, 0.1) is 0 Å². The molecule has 2 rings (SSSR count). The quantitative estimate of drug-likeness (QED) is 0.234. The van der Waals surface area contributed by atoms with Gasteiger partial charge < -0.3 is 18.9 Å². The number of rotatable bonds is 11. The van der Waals surface area contributed by atoms with Crippen LogP contribution in [-0.2, 0) is 9.59 Å². The molecule has 0 aliphatic heterocycles. The van der Waals surface area contributed by atoms with Crippen molar-refractivity contribution in [2.24, 2.45) is 10.2 Å². The topological polar surface area (TPSA) is 99.0 Å². The van der Waals surface area contributed by atoms with E-state index in [0.29, 0.717) is 36.2 Å². The molecule has 33 heavy (non-hydrogen) atoms. The van der Waals surface area contributed by atoms with Gasteiger partial charge in [-0.1, -0.05) is 11.6 Å². The molecule has 0 aliphatic rings. The summed E-state index contributed by atoms with van der Waals surface area (Å²) in [6, 6.07) is 6.33. The Bertz CT molecular complexity index is 1030. The highest BCUT2D eigenvalue weighted by atomic mass is 35.5. The molecule has 0 radical (unpaired) electrons. The van der Waals surface area contributed by atoms with Gasteiger partial charge in [0, 0.05) is 30.0 Å². The van der Waals surface area contributed by atoms with Crippen LogP contribution >= 0.6 is 23.4 Å². The number of carbonyl (C=O) groups excluding carboxylic acids is 2. The number of azo groups is 1. The van der Waals surface area contributed by atoms with E-state index in [-0.39, 0.29) is 16.4 Å². The number of ether oxygens (including phenoxy) is 4. The maximum Gasteiger partial charge on any atom is 0.276 e. The number of carbonyl (C=O) groups is 2. The number of benzene rings is 2. The Kier molecular flexibility index (Phi) is 9.74. The van der Waals surface area contributed by atoms with E-state index in [9.17, 15) is 9.59 Å². The summed E-state index contributed by atoms with van der Waals surface area (Å²) in [5, 5.41) is 8.17. The fourth-order valence-electron chi connectivity index (χ4n) is 2.76. The summed E-state index contributed by atoms with van der Waals surface area (Å²) >= 11 is 12.6. The van der Waals surface area contributed by atoms with Gasteiger partial charge in [-0.25, -0.2) is 4.42 Å². The Morgan fingerprint density at radius 1 is 1.00 bits per heavy atom. The van der Waals surface area contributed by atoms with E-state index in [1.165, 1.54) is 27.2 Å². The van der Waals surface area contributed by atoms with Gasteiger partial charge in [-0.15, -0.1) is 5.11 Å². The predicted octanol–water partition coefficient (Wildman–Crippen LogP) is 5.38. The Balaban J connectivity index is 2.42. The second-order valence-electron chi connectivity index (χ2n) is 6.50. The Hall–Kier alpha value is -3.04. The molecule has 0 spiro atoms. The van der Waals surface area contributed by atoms with E-state index in [4.69, 9.17) is 42.3 Å². The van der Waals surface area contributed by atoms with Gasteiger partial charge in [0.2, 0.25) is 6.04 Å². The molecule has 9 nitrogen and oxygen atoms in total. The Labute approximate surface area is 202 Å². The Morgan fingerprint density at radius 3 is 2.27 bits per heavy atom. The first-order valence-electron chi connectivity index (χ1n) is 9.99. The van der Waals surface area contributed by atoms with Crippen molar-refractivity contribution in [2.75, 3.05) is 31.9 Å². The molecule has 0 fully saturated rings. The third-order valence-corrected chi connectivity index (χ3v) is 4.93. The van der Waals surface area contributed by atoms with Crippen LogP contribution in [0.1, 0.15) is 20.8 Å². The minimum absolute atomic E-state index is 0.154. The van der Waals surface area contributed by atoms with Gasteiger partial charge in [0.15, 0.2) is 11.5 Å². The average Bonchev–Trinajstić information content (AvgIpc) is 2.79. The fourth-order valence-corrected chi connectivity index (χ4v) is 3.22. The van der Waals surface area contributed by atoms with Crippen LogP contribution in [0.3, 0.4) is 0 Å². The minimum atomic E-state index is -1.53. The van der Waals surface area contributed by atoms with Crippen molar-refractivity contribution >= 4 is 46.4 Å². The number of amides is 1. The van der Waals surface area contributed by atoms with Gasteiger partial charge in [-0.05, 0) is 32.9 Å². The molecule has 2 aromatic rings. The average molecular weight is 498 g/mol. The van der Waals surface area contributed by atoms with Crippen molar-refractivity contribution in [2.45, 2.75) is 26.8 Å². The van der Waals surface area contributed by atoms with Gasteiger partial charge in [0.25, 0.3) is 5.91 Å². The number of methoxy groups -OCH3 is 2. The molecule has 11 heteroatoms. The summed E-state index contributed by atoms with van der Waals surface area (Å²) < 4.78 is 22.2. The SMILES string of the molecule is CCOc1cc(Cl)c(N=NC(C(C)=O)C(=O)N(Cl)c2cc(OC)ccc2OC)c(OCC)c1. The monoisotopic (exact) mass is 497 g/mol. The largest absolute Gasteiger partial charge is 0.497 e. The highest BCUT2D eigenvalue weighted by Gasteiger charge is 2.31. The maximum absolute atomic E-state index is 13.0. The first kappa shape index (κ1) is 26.2. The van der Waals surface area contributed by atoms with Crippen LogP contribution in [0.15, 0.2) is 40.6 Å². The molecule has 178 valence electrons. The standard InChI is InChI=1S/C22H25Cl2N3O6/c1-6-32-15-10-16(23)21(19(12-15)33-7-2)26-25-20(13(3)28)22(29)27(24)17-11-14(30-4)8-9-18(17)31-5/h8-12,20H,6-7H2,1-5H3. The molecule has 0 saturated carbocycles. The van der Waals surface area contributed by atoms with Crippen molar-refractivity contribution in [1.29, 1.82) is 0 Å². The number of anilines is 1. The van der Waals surface area contributed by atoms with Crippen LogP contribution in [0.2, 0.25) is 5.02 Å². The van der Waals surface area contributed by atoms with Crippen LogP contribution in [0.25, 0.3) is 0 Å². The summed E-state index contributed by atoms with van der Waals surface area (Å²) in [4.78, 5) is 25.3. The van der Waals surface area contributed by atoms with Crippen molar-refractivity contribution < 1.29 is 28.5 Å². The zero-order chi connectivity index (χ0) is 24.5. The molecule has 0 bridgehead atoms. The van der Waals surface area contributed by atoms with Crippen molar-refractivity contribution in [1.82, 2.24) is 0 Å². The molecular weight excluding hydrogens is 473 g/mol. The highest BCUT2D eigenvalue weighted by Crippen LogP contribution is 2.40. The van der Waals surface area contributed by atoms with E-state index in [1.54, 1.807) is 31.2 Å². The summed E-state index contributed by atoms with van der Waals surface area (Å²) in [7, 11) is 2.89. The normalized spacial score (nSPS) is 11.7. The maximum atomic E-state index is 13.0. The van der Waals surface area contributed by atoms with E-state index in [1.807, 2.05) is 6.92 Å². The molecule has 0 aromatic heterocycles. The van der Waals surface area contributed by atoms with Gasteiger partial charge in [0.1, 0.15) is 28.6 Å². The first-order chi connectivity index (χ1) is 15.8. The van der Waals surface area contributed by atoms with Crippen LogP contribution in [-0.4, -0.2) is 45.2 Å². The lowest BCUT2D eigenvalue weighted by atomic mass is 10.2. The van der Waals surface area contributed by atoms with Gasteiger partial charge in [-0.2, -0.15) is 5.11 Å². The molecule has 1 unspecified atom stereocenters. The number of hydrogen-bond donors (Lipinski definition) is 0. The zero-order valence-corrected chi connectivity index (χ0v) is 20.4. The zero-order valence-electron chi connectivity index (χ0n) is 18.9. The number of hydrogen-bond acceptors (Lipinski definition) is 8. The number of halogens is 2. The van der Waals surface area contributed by atoms with Gasteiger partial charge >= 0.3 is 0 Å². The summed E-state index contributed by atoms with van der Waals surface area (Å²) in [6.07, 6.45) is 0. The first-order valence-corrected chi connectivity index (χ1v) is 10.7. The molecule has 1 atom stereocenters. The molecule has 1 amide bonds. The van der Waals surface area contributed by atoms with Crippen LogP contribution in [0.4, 0.5) is 11.4 Å². The molecule has 2 aromatic carbocycles. The van der Waals surface area contributed by atoms with Crippen LogP contribution in [0.5, 0.6) is 23.0 Å². The summed E-state index contributed by atoms with van der Waals surface area (Å²) in [5.74, 6) is 0.112. The molecule has 0 N–H and O–H groups in total. The predicted molar refractivity (Wildman–Crippen MR) is 126 cm³/mol. The van der Waals surface area contributed by atoms with Crippen molar-refractivity contribution in [3.05, 3.63) is 35.4 Å².